The first-order chi connectivity index (χ1) is 18.1. The average Bonchev–Trinajstić information content (AvgIpc) is 3.57. The van der Waals surface area contributed by atoms with Gasteiger partial charge in [-0.3, -0.25) is 5.10 Å². The van der Waals surface area contributed by atoms with Crippen LogP contribution >= 0.6 is 0 Å². The van der Waals surface area contributed by atoms with Crippen molar-refractivity contribution < 1.29 is 9.13 Å². The van der Waals surface area contributed by atoms with E-state index in [4.69, 9.17) is 9.84 Å². The fraction of sp³-hybridized carbons (Fsp3) is 0.231. The van der Waals surface area contributed by atoms with Crippen LogP contribution in [0.25, 0.3) is 22.4 Å². The van der Waals surface area contributed by atoms with Gasteiger partial charge in [-0.2, -0.15) is 5.10 Å². The summed E-state index contributed by atoms with van der Waals surface area (Å²) < 4.78 is 21.2. The number of nitrogens with zero attached hydrogens (tertiary/aromatic N) is 6. The van der Waals surface area contributed by atoms with Crippen LogP contribution in [-0.4, -0.2) is 65.8 Å². The highest BCUT2D eigenvalue weighted by Gasteiger charge is 2.21. The number of H-pyrrole nitrogens is 1. The molecule has 1 aromatic carbocycles. The molecule has 0 bridgehead atoms. The SMILES string of the molecule is C=N/C(=N\n1c(C)cc(-c2cn[nH]c2)c1-c1ccc(F)cc1OC)Nc1ccc(N2CCNCC2)cn1. The molecule has 1 fully saturated rings. The first kappa shape index (κ1) is 24.2. The average molecular weight is 502 g/mol. The maximum Gasteiger partial charge on any atom is 0.245 e. The number of nitrogens with one attached hydrogen (secondary N) is 3. The number of aliphatic imine (C=N–C) groups is 1. The van der Waals surface area contributed by atoms with E-state index in [1.165, 1.54) is 19.2 Å². The quantitative estimate of drug-likeness (QED) is 0.275. The molecular formula is C26H28FN9O. The molecule has 0 atom stereocenters. The van der Waals surface area contributed by atoms with Gasteiger partial charge in [-0.1, -0.05) is 0 Å². The third-order valence-corrected chi connectivity index (χ3v) is 6.20. The third kappa shape index (κ3) is 5.07. The molecule has 0 saturated carbocycles. The van der Waals surface area contributed by atoms with Crippen LogP contribution < -0.4 is 20.3 Å². The Kier molecular flexibility index (Phi) is 6.95. The number of anilines is 2. The summed E-state index contributed by atoms with van der Waals surface area (Å²) in [5.41, 5.74) is 4.95. The van der Waals surface area contributed by atoms with Crippen molar-refractivity contribution in [3.8, 4) is 28.1 Å². The van der Waals surface area contributed by atoms with Gasteiger partial charge in [0.25, 0.3) is 0 Å². The number of rotatable bonds is 6. The minimum Gasteiger partial charge on any atom is -0.496 e. The number of methoxy groups -OCH3 is 1. The standard InChI is InChI=1S/C26H28FN9O/c1-17-12-22(18-14-31-32-15-18)25(21-6-4-19(27)13-23(21)37-3)36(17)34-26(28-2)33-24-7-5-20(16-30-24)35-10-8-29-9-11-35/h4-7,12-16,29H,2,8-11H2,1,3H3,(H,31,32)(H,30,33,34). The normalized spacial score (nSPS) is 14.0. The summed E-state index contributed by atoms with van der Waals surface area (Å²) in [6.45, 7) is 9.40. The summed E-state index contributed by atoms with van der Waals surface area (Å²) in [7, 11) is 1.51. The van der Waals surface area contributed by atoms with Crippen molar-refractivity contribution in [2.45, 2.75) is 6.92 Å². The Hall–Kier alpha value is -4.51. The molecule has 3 N–H and O–H groups in total. The van der Waals surface area contributed by atoms with E-state index in [1.54, 1.807) is 23.1 Å². The Morgan fingerprint density at radius 3 is 2.65 bits per heavy atom. The third-order valence-electron chi connectivity index (χ3n) is 6.20. The number of ether oxygens (including phenoxy) is 1. The molecular weight excluding hydrogens is 473 g/mol. The monoisotopic (exact) mass is 501 g/mol. The number of hydrogen-bond acceptors (Lipinski definition) is 6. The first-order valence-corrected chi connectivity index (χ1v) is 11.9. The van der Waals surface area contributed by atoms with Gasteiger partial charge in [0, 0.05) is 60.8 Å². The van der Waals surface area contributed by atoms with Gasteiger partial charge >= 0.3 is 0 Å². The predicted octanol–water partition coefficient (Wildman–Crippen LogP) is 3.74. The molecule has 1 aliphatic heterocycles. The lowest BCUT2D eigenvalue weighted by Crippen LogP contribution is -2.43. The minimum absolute atomic E-state index is 0.252. The number of halogens is 1. The van der Waals surface area contributed by atoms with E-state index in [9.17, 15) is 4.39 Å². The molecule has 1 saturated heterocycles. The molecule has 0 amide bonds. The molecule has 0 aliphatic carbocycles. The second-order valence-corrected chi connectivity index (χ2v) is 8.54. The van der Waals surface area contributed by atoms with Crippen LogP contribution in [-0.2, 0) is 0 Å². The Morgan fingerprint density at radius 1 is 1.14 bits per heavy atom. The van der Waals surface area contributed by atoms with E-state index in [2.05, 4.69) is 42.4 Å². The maximum atomic E-state index is 14.0. The number of hydrogen-bond donors (Lipinski definition) is 3. The lowest BCUT2D eigenvalue weighted by atomic mass is 10.0. The summed E-state index contributed by atoms with van der Waals surface area (Å²) in [5, 5.41) is 18.2. The number of pyridine rings is 1. The second kappa shape index (κ2) is 10.6. The van der Waals surface area contributed by atoms with Crippen molar-refractivity contribution in [3.05, 3.63) is 66.5 Å². The Balaban J connectivity index is 1.53. The molecule has 4 heterocycles. The van der Waals surface area contributed by atoms with Gasteiger partial charge in [-0.05, 0) is 44.0 Å². The van der Waals surface area contributed by atoms with Crippen LogP contribution in [0.1, 0.15) is 5.69 Å². The van der Waals surface area contributed by atoms with Gasteiger partial charge in [0.1, 0.15) is 17.4 Å². The fourth-order valence-electron chi connectivity index (χ4n) is 4.37. The smallest absolute Gasteiger partial charge is 0.245 e. The number of aromatic nitrogens is 4. The van der Waals surface area contributed by atoms with E-state index in [0.717, 1.165) is 48.7 Å². The van der Waals surface area contributed by atoms with Crippen LogP contribution in [0.15, 0.2) is 65.1 Å². The summed E-state index contributed by atoms with van der Waals surface area (Å²) in [4.78, 5) is 10.9. The molecule has 0 unspecified atom stereocenters. The highest BCUT2D eigenvalue weighted by atomic mass is 19.1. The number of aryl methyl sites for hydroxylation is 1. The number of guanidine groups is 1. The van der Waals surface area contributed by atoms with Crippen LogP contribution in [0.2, 0.25) is 0 Å². The fourth-order valence-corrected chi connectivity index (χ4v) is 4.37. The lowest BCUT2D eigenvalue weighted by molar-refractivity contribution is 0.412. The van der Waals surface area contributed by atoms with Crippen LogP contribution in [0.4, 0.5) is 15.9 Å². The van der Waals surface area contributed by atoms with Crippen molar-refractivity contribution in [1.82, 2.24) is 25.2 Å². The van der Waals surface area contributed by atoms with Crippen molar-refractivity contribution >= 4 is 24.2 Å². The Morgan fingerprint density at radius 2 is 1.97 bits per heavy atom. The molecule has 5 rings (SSSR count). The molecule has 3 aromatic heterocycles. The molecule has 10 nitrogen and oxygen atoms in total. The summed E-state index contributed by atoms with van der Waals surface area (Å²) >= 11 is 0. The molecule has 37 heavy (non-hydrogen) atoms. The number of aromatic amines is 1. The van der Waals surface area contributed by atoms with Crippen molar-refractivity contribution in [2.75, 3.05) is 43.5 Å². The van der Waals surface area contributed by atoms with Gasteiger partial charge in [-0.25, -0.2) is 19.0 Å². The van der Waals surface area contributed by atoms with Gasteiger partial charge in [-0.15, -0.1) is 5.10 Å². The van der Waals surface area contributed by atoms with E-state index in [1.807, 2.05) is 31.3 Å². The number of benzene rings is 1. The van der Waals surface area contributed by atoms with Gasteiger partial charge in [0.15, 0.2) is 0 Å². The zero-order chi connectivity index (χ0) is 25.8. The van der Waals surface area contributed by atoms with E-state index in [0.29, 0.717) is 22.8 Å². The van der Waals surface area contributed by atoms with Crippen molar-refractivity contribution in [1.29, 1.82) is 0 Å². The summed E-state index contributed by atoms with van der Waals surface area (Å²) in [6, 6.07) is 10.3. The molecule has 0 radical (unpaired) electrons. The van der Waals surface area contributed by atoms with Crippen molar-refractivity contribution in [2.24, 2.45) is 10.1 Å². The minimum atomic E-state index is -0.394. The second-order valence-electron chi connectivity index (χ2n) is 8.54. The number of piperazine rings is 1. The lowest BCUT2D eigenvalue weighted by Gasteiger charge is -2.29. The Labute approximate surface area is 213 Å². The largest absolute Gasteiger partial charge is 0.496 e. The van der Waals surface area contributed by atoms with Crippen LogP contribution in [0.5, 0.6) is 5.75 Å². The molecule has 0 spiro atoms. The van der Waals surface area contributed by atoms with Gasteiger partial charge in [0.2, 0.25) is 5.96 Å². The molecule has 1 aliphatic rings. The van der Waals surface area contributed by atoms with Gasteiger partial charge < -0.3 is 20.3 Å². The van der Waals surface area contributed by atoms with Crippen molar-refractivity contribution in [3.63, 3.8) is 0 Å². The maximum absolute atomic E-state index is 14.0. The first-order valence-electron chi connectivity index (χ1n) is 11.9. The van der Waals surface area contributed by atoms with E-state index >= 15 is 0 Å². The Bertz CT molecular complexity index is 1400. The van der Waals surface area contributed by atoms with E-state index < -0.39 is 5.82 Å². The molecule has 11 heteroatoms. The highest BCUT2D eigenvalue weighted by Crippen LogP contribution is 2.39. The summed E-state index contributed by atoms with van der Waals surface area (Å²) in [6.07, 6.45) is 5.34. The van der Waals surface area contributed by atoms with Gasteiger partial charge in [0.05, 0.1) is 30.9 Å². The predicted molar refractivity (Wildman–Crippen MR) is 144 cm³/mol. The topological polar surface area (TPSA) is 108 Å². The summed E-state index contributed by atoms with van der Waals surface area (Å²) in [5.74, 6) is 0.827. The zero-order valence-electron chi connectivity index (χ0n) is 20.7. The van der Waals surface area contributed by atoms with Crippen LogP contribution in [0, 0.1) is 12.7 Å². The highest BCUT2D eigenvalue weighted by molar-refractivity contribution is 5.96. The zero-order valence-corrected chi connectivity index (χ0v) is 20.7. The van der Waals surface area contributed by atoms with Crippen LogP contribution in [0.3, 0.4) is 0 Å². The molecule has 4 aromatic rings. The van der Waals surface area contributed by atoms with E-state index in [-0.39, 0.29) is 5.96 Å². The molecule has 190 valence electrons.